The molecule has 0 aliphatic rings. The maximum atomic E-state index is 8.63. The maximum absolute atomic E-state index is 8.63. The van der Waals surface area contributed by atoms with Gasteiger partial charge in [-0.15, -0.1) is 0 Å². The van der Waals surface area contributed by atoms with E-state index in [9.17, 15) is 0 Å². The van der Waals surface area contributed by atoms with Crippen LogP contribution < -0.4 is 21.7 Å². The van der Waals surface area contributed by atoms with Crippen LogP contribution in [0.15, 0.2) is 28.4 Å². The number of rotatable bonds is 3. The second-order valence-corrected chi connectivity index (χ2v) is 4.96. The minimum Gasteiger partial charge on any atom is -0.395 e. The minimum atomic E-state index is -0.0602. The van der Waals surface area contributed by atoms with Gasteiger partial charge in [0.2, 0.25) is 5.96 Å². The number of guanidine groups is 1. The number of hydrogen-bond donors (Lipinski definition) is 6. The molecular formula is C16H38N8O2. The lowest BCUT2D eigenvalue weighted by Gasteiger charge is -2.12. The molecule has 154 valence electrons. The highest BCUT2D eigenvalue weighted by atomic mass is 16.3. The van der Waals surface area contributed by atoms with Crippen LogP contribution in [0.25, 0.3) is 0 Å². The molecule has 1 rings (SSSR count). The summed E-state index contributed by atoms with van der Waals surface area (Å²) in [5.74, 6) is 1.44. The van der Waals surface area contributed by atoms with Gasteiger partial charge < -0.3 is 31.9 Å². The number of nitrogens with one attached hydrogen (secondary N) is 3. The third-order valence-corrected chi connectivity index (χ3v) is 2.56. The Kier molecular flexibility index (Phi) is 21.1. The Hall–Kier alpha value is -2.17. The molecule has 0 aromatic carbocycles. The summed E-state index contributed by atoms with van der Waals surface area (Å²) in [6.45, 7) is 3.82. The van der Waals surface area contributed by atoms with Crippen LogP contribution in [0, 0.1) is 0 Å². The van der Waals surface area contributed by atoms with E-state index in [1.165, 1.54) is 0 Å². The van der Waals surface area contributed by atoms with Crippen LogP contribution in [0.1, 0.15) is 21.3 Å². The number of nitrogens with zero attached hydrogens (tertiary/aromatic N) is 4. The molecule has 0 fully saturated rings. The first kappa shape index (κ1) is 28.6. The molecule has 1 aromatic rings. The first-order valence-corrected chi connectivity index (χ1v) is 7.92. The number of aliphatic hydroxyl groups excluding tert-OH is 2. The van der Waals surface area contributed by atoms with E-state index in [1.54, 1.807) is 38.9 Å². The van der Waals surface area contributed by atoms with Gasteiger partial charge >= 0.3 is 0 Å². The Balaban J connectivity index is -0.000000317. The lowest BCUT2D eigenvalue weighted by molar-refractivity contribution is 0.263. The quantitative estimate of drug-likeness (QED) is 0.296. The Morgan fingerprint density at radius 1 is 1.15 bits per heavy atom. The maximum Gasteiger partial charge on any atom is 0.218 e. The van der Waals surface area contributed by atoms with Crippen molar-refractivity contribution >= 4 is 11.9 Å². The van der Waals surface area contributed by atoms with E-state index in [2.05, 4.69) is 31.0 Å². The standard InChI is InChI=1S/C6H10N4.C6H15N3O.C3H9NO.CH4/c1-7-6(8-2)10-5-3-4-9-10;1-5(4-10)9-6(7-2)8-3;1-3(4)2-5;/h3-5H,1-2H3,(H,7,8);5,10H,4H2,1-3H3,(H2,7,8,9);3,5H,2,4H2,1H3;1H4/t;5-;3-;/m.11./s1. The summed E-state index contributed by atoms with van der Waals surface area (Å²) >= 11 is 0. The smallest absolute Gasteiger partial charge is 0.218 e. The molecule has 2 atom stereocenters. The molecule has 0 unspecified atom stereocenters. The van der Waals surface area contributed by atoms with Crippen LogP contribution in [0.3, 0.4) is 0 Å². The number of aromatic nitrogens is 2. The molecule has 0 radical (unpaired) electrons. The highest BCUT2D eigenvalue weighted by molar-refractivity contribution is 5.80. The van der Waals surface area contributed by atoms with E-state index in [4.69, 9.17) is 15.9 Å². The van der Waals surface area contributed by atoms with Crippen molar-refractivity contribution in [3.05, 3.63) is 18.5 Å². The summed E-state index contributed by atoms with van der Waals surface area (Å²) in [7, 11) is 6.99. The van der Waals surface area contributed by atoms with Crippen molar-refractivity contribution in [3.8, 4) is 0 Å². The van der Waals surface area contributed by atoms with E-state index in [-0.39, 0.29) is 32.7 Å². The largest absolute Gasteiger partial charge is 0.395 e. The topological polar surface area (TPSA) is 145 Å². The average molecular weight is 375 g/mol. The van der Waals surface area contributed by atoms with E-state index in [1.807, 2.05) is 26.2 Å². The van der Waals surface area contributed by atoms with E-state index >= 15 is 0 Å². The molecule has 10 heteroatoms. The first-order chi connectivity index (χ1) is 11.9. The van der Waals surface area contributed by atoms with Gasteiger partial charge in [-0.25, -0.2) is 4.68 Å². The van der Waals surface area contributed by atoms with Crippen LogP contribution in [-0.4, -0.2) is 85.4 Å². The fourth-order valence-corrected chi connectivity index (χ4v) is 1.25. The van der Waals surface area contributed by atoms with Crippen molar-refractivity contribution in [3.63, 3.8) is 0 Å². The first-order valence-electron chi connectivity index (χ1n) is 7.92. The molecule has 10 nitrogen and oxygen atoms in total. The van der Waals surface area contributed by atoms with Crippen molar-refractivity contribution in [1.82, 2.24) is 25.7 Å². The summed E-state index contributed by atoms with van der Waals surface area (Å²) in [5, 5.41) is 29.3. The normalized spacial score (nSPS) is 13.0. The molecule has 7 N–H and O–H groups in total. The minimum absolute atomic E-state index is 0. The van der Waals surface area contributed by atoms with Gasteiger partial charge in [-0.2, -0.15) is 5.10 Å². The summed E-state index contributed by atoms with van der Waals surface area (Å²) in [6.07, 6.45) is 3.54. The van der Waals surface area contributed by atoms with Gasteiger partial charge in [0.05, 0.1) is 13.2 Å². The molecule has 0 amide bonds. The van der Waals surface area contributed by atoms with Crippen LogP contribution in [0.5, 0.6) is 0 Å². The third kappa shape index (κ3) is 15.4. The van der Waals surface area contributed by atoms with E-state index in [0.29, 0.717) is 5.96 Å². The van der Waals surface area contributed by atoms with Crippen LogP contribution in [0.4, 0.5) is 0 Å². The van der Waals surface area contributed by atoms with Gasteiger partial charge in [-0.3, -0.25) is 9.98 Å². The number of aliphatic hydroxyl groups is 2. The molecular weight excluding hydrogens is 336 g/mol. The Morgan fingerprint density at radius 2 is 1.73 bits per heavy atom. The molecule has 1 heterocycles. The van der Waals surface area contributed by atoms with E-state index < -0.39 is 0 Å². The molecule has 0 spiro atoms. The van der Waals surface area contributed by atoms with Gasteiger partial charge in [-0.1, -0.05) is 7.43 Å². The van der Waals surface area contributed by atoms with Crippen LogP contribution >= 0.6 is 0 Å². The second kappa shape index (κ2) is 19.2. The van der Waals surface area contributed by atoms with Gasteiger partial charge in [0.1, 0.15) is 0 Å². The molecule has 0 saturated heterocycles. The summed E-state index contributed by atoms with van der Waals surface area (Å²) in [6, 6.07) is 1.84. The van der Waals surface area contributed by atoms with Crippen LogP contribution in [0.2, 0.25) is 0 Å². The predicted molar refractivity (Wildman–Crippen MR) is 110 cm³/mol. The Labute approximate surface area is 157 Å². The van der Waals surface area contributed by atoms with Crippen molar-refractivity contribution in [2.75, 3.05) is 41.4 Å². The Morgan fingerprint density at radius 3 is 2.00 bits per heavy atom. The third-order valence-electron chi connectivity index (χ3n) is 2.56. The zero-order valence-electron chi connectivity index (χ0n) is 16.1. The SMILES string of the molecule is C.CN=C(NC)N[C@H](C)CO.CN=C(NC)n1cccn1.C[C@@H](N)CO. The van der Waals surface area contributed by atoms with Crippen molar-refractivity contribution < 1.29 is 10.2 Å². The summed E-state index contributed by atoms with van der Waals surface area (Å²) in [4.78, 5) is 7.83. The van der Waals surface area contributed by atoms with Crippen molar-refractivity contribution in [2.45, 2.75) is 33.4 Å². The van der Waals surface area contributed by atoms with Gasteiger partial charge in [0.25, 0.3) is 0 Å². The lowest BCUT2D eigenvalue weighted by atomic mass is 10.4. The van der Waals surface area contributed by atoms with Crippen molar-refractivity contribution in [2.24, 2.45) is 15.7 Å². The Bertz CT molecular complexity index is 461. The zero-order chi connectivity index (χ0) is 19.7. The second-order valence-electron chi connectivity index (χ2n) is 4.96. The van der Waals surface area contributed by atoms with E-state index in [0.717, 1.165) is 5.96 Å². The fraction of sp³-hybridized carbons (Fsp3) is 0.688. The average Bonchev–Trinajstić information content (AvgIpc) is 3.16. The number of nitrogens with two attached hydrogens (primary N) is 1. The highest BCUT2D eigenvalue weighted by Crippen LogP contribution is 1.82. The van der Waals surface area contributed by atoms with Gasteiger partial charge in [0, 0.05) is 52.7 Å². The fourth-order valence-electron chi connectivity index (χ4n) is 1.25. The molecule has 0 aliphatic heterocycles. The summed E-state index contributed by atoms with van der Waals surface area (Å²) in [5.41, 5.74) is 5.04. The molecule has 0 bridgehead atoms. The number of aliphatic imine (C=N–C) groups is 2. The highest BCUT2D eigenvalue weighted by Gasteiger charge is 1.99. The molecule has 26 heavy (non-hydrogen) atoms. The van der Waals surface area contributed by atoms with Gasteiger partial charge in [0.15, 0.2) is 5.96 Å². The predicted octanol–water partition coefficient (Wildman–Crippen LogP) is -0.940. The molecule has 1 aromatic heterocycles. The zero-order valence-corrected chi connectivity index (χ0v) is 16.1. The monoisotopic (exact) mass is 374 g/mol. The summed E-state index contributed by atoms with van der Waals surface area (Å²) < 4.78 is 1.67. The van der Waals surface area contributed by atoms with Crippen LogP contribution in [-0.2, 0) is 0 Å². The van der Waals surface area contributed by atoms with Crippen molar-refractivity contribution in [1.29, 1.82) is 0 Å². The lowest BCUT2D eigenvalue weighted by Crippen LogP contribution is -2.41. The van der Waals surface area contributed by atoms with Gasteiger partial charge in [-0.05, 0) is 19.9 Å². The molecule has 0 saturated carbocycles. The molecule has 0 aliphatic carbocycles. The number of hydrogen-bond acceptors (Lipinski definition) is 6.